The quantitative estimate of drug-likeness (QED) is 0.357. The van der Waals surface area contributed by atoms with Crippen LogP contribution in [0.5, 0.6) is 0 Å². The van der Waals surface area contributed by atoms with Crippen molar-refractivity contribution in [2.24, 2.45) is 5.73 Å². The molecule has 0 aromatic carbocycles. The molecule has 0 aromatic heterocycles. The highest BCUT2D eigenvalue weighted by Gasteiger charge is 2.02. The molecule has 0 bridgehead atoms. The first-order valence-corrected chi connectivity index (χ1v) is 8.45. The molecule has 0 saturated heterocycles. The zero-order chi connectivity index (χ0) is 17.7. The molecule has 21 heavy (non-hydrogen) atoms. The van der Waals surface area contributed by atoms with E-state index in [1.807, 2.05) is 0 Å². The lowest BCUT2D eigenvalue weighted by Crippen LogP contribution is -2.36. The van der Waals surface area contributed by atoms with Gasteiger partial charge in [0.05, 0.1) is 55.5 Å². The molecular formula is C12H34N3O5P. The van der Waals surface area contributed by atoms with E-state index in [-0.39, 0.29) is 19.8 Å². The molecule has 0 radical (unpaired) electrons. The molecule has 4 N–H and O–H groups in total. The van der Waals surface area contributed by atoms with Crippen LogP contribution in [0, 0.1) is 0 Å². The maximum Gasteiger partial charge on any atom is 0.101 e. The largest absolute Gasteiger partial charge is 0.811 e. The second-order valence-electron chi connectivity index (χ2n) is 6.60. The maximum atomic E-state index is 9.62. The van der Waals surface area contributed by atoms with Crippen LogP contribution in [0.3, 0.4) is 0 Å². The molecule has 0 amide bonds. The third kappa shape index (κ3) is 45.0. The van der Waals surface area contributed by atoms with Gasteiger partial charge in [0.15, 0.2) is 0 Å². The summed E-state index contributed by atoms with van der Waals surface area (Å²) in [4.78, 5) is 19.2. The Hall–Kier alpha value is -0.0500. The van der Waals surface area contributed by atoms with Crippen molar-refractivity contribution in [1.29, 1.82) is 0 Å². The molecule has 0 unspecified atom stereocenters. The van der Waals surface area contributed by atoms with E-state index in [0.29, 0.717) is 0 Å². The lowest BCUT2D eigenvalue weighted by molar-refractivity contribution is -0.870. The minimum Gasteiger partial charge on any atom is -0.811 e. The Kier molecular flexibility index (Phi) is 15.4. The molecule has 132 valence electrons. The van der Waals surface area contributed by atoms with Gasteiger partial charge in [-0.15, -0.1) is 0 Å². The third-order valence-corrected chi connectivity index (χ3v) is 2.75. The van der Waals surface area contributed by atoms with Crippen LogP contribution in [0.15, 0.2) is 0 Å². The monoisotopic (exact) mass is 331 g/mol. The van der Waals surface area contributed by atoms with Crippen LogP contribution in [0.4, 0.5) is 0 Å². The standard InChI is InChI=1S/2C5H14NO.C2H8NO3P/c2*1-6(2,3)4-5-7;3-1-2-7(4,5)6/h2*7H,4-5H2,1-3H3;1-3H2,(H2,4,5,6)/q2*+1;/p-2. The number of aliphatic hydroxyl groups excluding tert-OH is 2. The fourth-order valence-corrected chi connectivity index (χ4v) is 1.07. The van der Waals surface area contributed by atoms with Crippen LogP contribution in [-0.2, 0) is 4.57 Å². The van der Waals surface area contributed by atoms with E-state index >= 15 is 0 Å². The van der Waals surface area contributed by atoms with Gasteiger partial charge in [-0.05, 0) is 12.7 Å². The van der Waals surface area contributed by atoms with Gasteiger partial charge in [-0.2, -0.15) is 0 Å². The Labute approximate surface area is 129 Å². The minimum absolute atomic E-state index is 0.0791. The summed E-state index contributed by atoms with van der Waals surface area (Å²) in [6.07, 6.45) is -0.438. The summed E-state index contributed by atoms with van der Waals surface area (Å²) in [5.41, 5.74) is 4.74. The van der Waals surface area contributed by atoms with Gasteiger partial charge in [-0.3, -0.25) is 0 Å². The number of hydrogen-bond donors (Lipinski definition) is 3. The fraction of sp³-hybridized carbons (Fsp3) is 1.00. The molecule has 0 aromatic rings. The van der Waals surface area contributed by atoms with Gasteiger partial charge in [0.25, 0.3) is 0 Å². The summed E-state index contributed by atoms with van der Waals surface area (Å²) in [5, 5.41) is 16.8. The Balaban J connectivity index is -0.000000231. The van der Waals surface area contributed by atoms with Gasteiger partial charge in [0, 0.05) is 0 Å². The molecule has 0 rings (SSSR count). The van der Waals surface area contributed by atoms with Crippen LogP contribution in [0.2, 0.25) is 0 Å². The summed E-state index contributed by atoms with van der Waals surface area (Å²) in [5.74, 6) is 0. The lowest BCUT2D eigenvalue weighted by Gasteiger charge is -2.28. The second-order valence-corrected chi connectivity index (χ2v) is 8.27. The molecule has 0 aliphatic carbocycles. The van der Waals surface area contributed by atoms with E-state index in [4.69, 9.17) is 15.9 Å². The van der Waals surface area contributed by atoms with Gasteiger partial charge < -0.3 is 39.3 Å². The van der Waals surface area contributed by atoms with Gasteiger partial charge >= 0.3 is 0 Å². The predicted molar refractivity (Wildman–Crippen MR) is 81.5 cm³/mol. The van der Waals surface area contributed by atoms with Crippen molar-refractivity contribution in [1.82, 2.24) is 0 Å². The molecule has 0 fully saturated rings. The minimum atomic E-state index is -4.29. The molecule has 0 aliphatic rings. The summed E-state index contributed by atoms with van der Waals surface area (Å²) in [6.45, 7) is 2.15. The Morgan fingerprint density at radius 1 is 0.905 bits per heavy atom. The van der Waals surface area contributed by atoms with Gasteiger partial charge in [0.2, 0.25) is 0 Å². The van der Waals surface area contributed by atoms with Crippen molar-refractivity contribution < 1.29 is 33.5 Å². The Bertz CT molecular complexity index is 255. The number of rotatable bonds is 6. The van der Waals surface area contributed by atoms with Crippen molar-refractivity contribution in [3.05, 3.63) is 0 Å². The zero-order valence-corrected chi connectivity index (χ0v) is 15.2. The van der Waals surface area contributed by atoms with E-state index in [1.54, 1.807) is 0 Å². The molecule has 0 aliphatic heterocycles. The first-order valence-electron chi connectivity index (χ1n) is 6.72. The maximum absolute atomic E-state index is 9.62. The predicted octanol–water partition coefficient (Wildman–Crippen LogP) is -2.77. The van der Waals surface area contributed by atoms with Crippen molar-refractivity contribution in [3.8, 4) is 0 Å². The SMILES string of the molecule is C[N+](C)(C)CCO.C[N+](C)(C)CCO.NCCP(=O)([O-])[O-]. The molecule has 0 spiro atoms. The first-order chi connectivity index (χ1) is 9.18. The number of hydrogen-bond acceptors (Lipinski definition) is 6. The Morgan fingerprint density at radius 2 is 1.19 bits per heavy atom. The number of aliphatic hydroxyl groups is 2. The van der Waals surface area contributed by atoms with Crippen molar-refractivity contribution in [2.45, 2.75) is 0 Å². The van der Waals surface area contributed by atoms with Gasteiger partial charge in [-0.1, -0.05) is 7.60 Å². The topological polar surface area (TPSA) is 130 Å². The highest BCUT2D eigenvalue weighted by atomic mass is 31.2. The van der Waals surface area contributed by atoms with Crippen LogP contribution in [0.25, 0.3) is 0 Å². The normalized spacial score (nSPS) is 12.0. The number of nitrogens with zero attached hydrogens (tertiary/aromatic N) is 2. The van der Waals surface area contributed by atoms with E-state index in [0.717, 1.165) is 22.1 Å². The first kappa shape index (κ1) is 25.9. The van der Waals surface area contributed by atoms with Gasteiger partial charge in [-0.25, -0.2) is 0 Å². The molecule has 0 heterocycles. The number of likely N-dealkylation sites (N-methyl/N-ethyl adjacent to an activating group) is 2. The third-order valence-electron chi connectivity index (χ3n) is 1.94. The zero-order valence-electron chi connectivity index (χ0n) is 14.3. The molecule has 8 nitrogen and oxygen atoms in total. The summed E-state index contributed by atoms with van der Waals surface area (Å²) in [7, 11) is 8.02. The number of quaternary nitrogens is 2. The van der Waals surface area contributed by atoms with Crippen molar-refractivity contribution in [3.63, 3.8) is 0 Å². The summed E-state index contributed by atoms with van der Waals surface area (Å²) < 4.78 is 11.3. The van der Waals surface area contributed by atoms with Crippen LogP contribution >= 0.6 is 7.60 Å². The lowest BCUT2D eigenvalue weighted by atomic mass is 10.5. The average Bonchev–Trinajstić information content (AvgIpc) is 2.12. The highest BCUT2D eigenvalue weighted by Crippen LogP contribution is 2.19. The fourth-order valence-electron chi connectivity index (χ4n) is 0.758. The van der Waals surface area contributed by atoms with E-state index in [1.165, 1.54) is 0 Å². The van der Waals surface area contributed by atoms with E-state index in [9.17, 15) is 14.4 Å². The molecule has 0 atom stereocenters. The van der Waals surface area contributed by atoms with Crippen molar-refractivity contribution >= 4 is 7.60 Å². The summed E-state index contributed by atoms with van der Waals surface area (Å²) >= 11 is 0. The molecule has 0 saturated carbocycles. The smallest absolute Gasteiger partial charge is 0.101 e. The molecular weight excluding hydrogens is 297 g/mol. The number of nitrogens with two attached hydrogens (primary N) is 1. The van der Waals surface area contributed by atoms with E-state index in [2.05, 4.69) is 42.3 Å². The van der Waals surface area contributed by atoms with Crippen LogP contribution < -0.4 is 15.5 Å². The second kappa shape index (κ2) is 12.5. The highest BCUT2D eigenvalue weighted by molar-refractivity contribution is 7.48. The van der Waals surface area contributed by atoms with E-state index < -0.39 is 13.8 Å². The average molecular weight is 331 g/mol. The van der Waals surface area contributed by atoms with Crippen LogP contribution in [0.1, 0.15) is 0 Å². The van der Waals surface area contributed by atoms with Crippen LogP contribution in [-0.4, -0.2) is 100 Å². The summed E-state index contributed by atoms with van der Waals surface area (Å²) in [6, 6.07) is 0. The Morgan fingerprint density at radius 3 is 1.19 bits per heavy atom. The van der Waals surface area contributed by atoms with Gasteiger partial charge in [0.1, 0.15) is 13.1 Å². The van der Waals surface area contributed by atoms with Crippen molar-refractivity contribution in [2.75, 3.05) is 81.3 Å². The molecule has 9 heteroatoms.